The van der Waals surface area contributed by atoms with Crippen molar-refractivity contribution in [3.63, 3.8) is 0 Å². The van der Waals surface area contributed by atoms with E-state index in [2.05, 4.69) is 12.5 Å². The Hall–Kier alpha value is -3.43. The summed E-state index contributed by atoms with van der Waals surface area (Å²) in [4.78, 5) is 26.8. The third-order valence-electron chi connectivity index (χ3n) is 4.22. The van der Waals surface area contributed by atoms with Crippen LogP contribution in [-0.2, 0) is 11.2 Å². The average Bonchev–Trinajstić information content (AvgIpc) is 3.01. The average molecular weight is 420 g/mol. The smallest absolute Gasteiger partial charge is 0.298 e. The standard InChI is InChI=1S/C24H21NO4S/c1-4-10-18-14-17(15-20(28-6-3)22(18)29-13-5-2)16-21-23(26)25(24(27)30-21)19-11-8-7-9-12-19/h2,4,7-9,11-12,14-16H,1,6,10,13H2,3H3/b21-16-. The van der Waals surface area contributed by atoms with Crippen LogP contribution in [0, 0.1) is 12.3 Å². The number of hydrogen-bond acceptors (Lipinski definition) is 5. The predicted molar refractivity (Wildman–Crippen MR) is 121 cm³/mol. The molecule has 30 heavy (non-hydrogen) atoms. The number of hydrogen-bond donors (Lipinski definition) is 0. The van der Waals surface area contributed by atoms with Gasteiger partial charge in [-0.05, 0) is 61.0 Å². The van der Waals surface area contributed by atoms with E-state index in [1.165, 1.54) is 4.90 Å². The van der Waals surface area contributed by atoms with Crippen molar-refractivity contribution in [2.24, 2.45) is 0 Å². The van der Waals surface area contributed by atoms with Crippen LogP contribution >= 0.6 is 11.8 Å². The summed E-state index contributed by atoms with van der Waals surface area (Å²) in [6, 6.07) is 12.5. The van der Waals surface area contributed by atoms with Crippen LogP contribution in [0.4, 0.5) is 10.5 Å². The molecule has 0 saturated carbocycles. The first kappa shape index (κ1) is 21.3. The molecule has 2 aromatic carbocycles. The van der Waals surface area contributed by atoms with Gasteiger partial charge in [0.15, 0.2) is 11.5 Å². The molecule has 0 bridgehead atoms. The highest BCUT2D eigenvalue weighted by molar-refractivity contribution is 8.19. The van der Waals surface area contributed by atoms with Gasteiger partial charge in [0.05, 0.1) is 17.2 Å². The van der Waals surface area contributed by atoms with E-state index in [9.17, 15) is 9.59 Å². The monoisotopic (exact) mass is 419 g/mol. The van der Waals surface area contributed by atoms with Gasteiger partial charge in [-0.1, -0.05) is 30.2 Å². The molecular formula is C24H21NO4S. The first-order valence-electron chi connectivity index (χ1n) is 9.39. The van der Waals surface area contributed by atoms with Gasteiger partial charge < -0.3 is 9.47 Å². The number of benzene rings is 2. The number of amides is 2. The van der Waals surface area contributed by atoms with Crippen molar-refractivity contribution in [2.75, 3.05) is 18.1 Å². The molecule has 0 spiro atoms. The van der Waals surface area contributed by atoms with E-state index >= 15 is 0 Å². The SMILES string of the molecule is C#CCOc1c(CC=C)cc(/C=C2\SC(=O)N(c3ccccc3)C2=O)cc1OCC. The number of thioether (sulfide) groups is 1. The Morgan fingerprint density at radius 2 is 1.97 bits per heavy atom. The second-order valence-electron chi connectivity index (χ2n) is 6.28. The largest absolute Gasteiger partial charge is 0.490 e. The third-order valence-corrected chi connectivity index (χ3v) is 5.09. The minimum Gasteiger partial charge on any atom is -0.490 e. The zero-order valence-electron chi connectivity index (χ0n) is 16.6. The van der Waals surface area contributed by atoms with Gasteiger partial charge in [0, 0.05) is 5.56 Å². The van der Waals surface area contributed by atoms with Gasteiger partial charge in [0.25, 0.3) is 11.1 Å². The van der Waals surface area contributed by atoms with Gasteiger partial charge in [0.2, 0.25) is 0 Å². The third kappa shape index (κ3) is 4.58. The van der Waals surface area contributed by atoms with Crippen molar-refractivity contribution in [1.82, 2.24) is 0 Å². The summed E-state index contributed by atoms with van der Waals surface area (Å²) in [6.45, 7) is 6.21. The van der Waals surface area contributed by atoms with Crippen LogP contribution in [0.25, 0.3) is 6.08 Å². The summed E-state index contributed by atoms with van der Waals surface area (Å²) < 4.78 is 11.4. The fourth-order valence-corrected chi connectivity index (χ4v) is 3.87. The molecule has 0 radical (unpaired) electrons. The second kappa shape index (κ2) is 9.86. The van der Waals surface area contributed by atoms with Crippen molar-refractivity contribution in [3.8, 4) is 23.8 Å². The number of allylic oxidation sites excluding steroid dienone is 1. The van der Waals surface area contributed by atoms with Gasteiger partial charge in [0.1, 0.15) is 6.61 Å². The molecule has 1 aliphatic heterocycles. The molecule has 3 rings (SSSR count). The summed E-state index contributed by atoms with van der Waals surface area (Å²) >= 11 is 0.908. The van der Waals surface area contributed by atoms with Crippen LogP contribution < -0.4 is 14.4 Å². The molecule has 2 amide bonds. The summed E-state index contributed by atoms with van der Waals surface area (Å²) in [5, 5.41) is -0.331. The lowest BCUT2D eigenvalue weighted by Crippen LogP contribution is -2.27. The Bertz CT molecular complexity index is 1040. The molecule has 2 aromatic rings. The van der Waals surface area contributed by atoms with Crippen molar-refractivity contribution < 1.29 is 19.1 Å². The van der Waals surface area contributed by atoms with Gasteiger partial charge in [-0.25, -0.2) is 4.90 Å². The van der Waals surface area contributed by atoms with E-state index in [4.69, 9.17) is 15.9 Å². The van der Waals surface area contributed by atoms with Crippen LogP contribution in [0.2, 0.25) is 0 Å². The molecule has 1 heterocycles. The van der Waals surface area contributed by atoms with Gasteiger partial charge >= 0.3 is 0 Å². The Morgan fingerprint density at radius 3 is 2.63 bits per heavy atom. The second-order valence-corrected chi connectivity index (χ2v) is 7.27. The number of rotatable bonds is 8. The molecule has 6 heteroatoms. The summed E-state index contributed by atoms with van der Waals surface area (Å²) in [5.74, 6) is 3.19. The highest BCUT2D eigenvalue weighted by atomic mass is 32.2. The molecule has 1 aliphatic rings. The van der Waals surface area contributed by atoms with Crippen LogP contribution in [0.5, 0.6) is 11.5 Å². The van der Waals surface area contributed by atoms with Crippen molar-refractivity contribution >= 4 is 34.7 Å². The maximum Gasteiger partial charge on any atom is 0.298 e. The highest BCUT2D eigenvalue weighted by Gasteiger charge is 2.36. The molecule has 1 fully saturated rings. The molecule has 5 nitrogen and oxygen atoms in total. The Morgan fingerprint density at radius 1 is 1.20 bits per heavy atom. The number of imide groups is 1. The summed E-state index contributed by atoms with van der Waals surface area (Å²) in [7, 11) is 0. The fraction of sp³-hybridized carbons (Fsp3) is 0.167. The van der Waals surface area contributed by atoms with E-state index in [-0.39, 0.29) is 17.8 Å². The minimum absolute atomic E-state index is 0.111. The molecule has 152 valence electrons. The number of nitrogens with zero attached hydrogens (tertiary/aromatic N) is 1. The van der Waals surface area contributed by atoms with Crippen LogP contribution in [0.3, 0.4) is 0 Å². The quantitative estimate of drug-likeness (QED) is 0.340. The number of carbonyl (C=O) groups is 2. The normalized spacial score (nSPS) is 14.7. The number of para-hydroxylation sites is 1. The van der Waals surface area contributed by atoms with Crippen molar-refractivity contribution in [2.45, 2.75) is 13.3 Å². The van der Waals surface area contributed by atoms with E-state index < -0.39 is 0 Å². The molecular weight excluding hydrogens is 398 g/mol. The zero-order chi connectivity index (χ0) is 21.5. The molecule has 0 atom stereocenters. The molecule has 0 N–H and O–H groups in total. The maximum absolute atomic E-state index is 12.9. The Balaban J connectivity index is 2.00. The lowest BCUT2D eigenvalue weighted by Gasteiger charge is -2.15. The highest BCUT2D eigenvalue weighted by Crippen LogP contribution is 2.38. The van der Waals surface area contributed by atoms with Crippen LogP contribution in [-0.4, -0.2) is 24.4 Å². The molecule has 0 unspecified atom stereocenters. The number of terminal acetylenes is 1. The maximum atomic E-state index is 12.9. The molecule has 1 saturated heterocycles. The summed E-state index contributed by atoms with van der Waals surface area (Å²) in [6.07, 6.45) is 9.30. The summed E-state index contributed by atoms with van der Waals surface area (Å²) in [5.41, 5.74) is 2.10. The molecule has 0 aromatic heterocycles. The van der Waals surface area contributed by atoms with Crippen molar-refractivity contribution in [1.29, 1.82) is 0 Å². The van der Waals surface area contributed by atoms with Crippen molar-refractivity contribution in [3.05, 3.63) is 71.2 Å². The number of carbonyl (C=O) groups excluding carboxylic acids is 2. The van der Waals surface area contributed by atoms with Gasteiger partial charge in [-0.2, -0.15) is 0 Å². The van der Waals surface area contributed by atoms with Crippen LogP contribution in [0.15, 0.2) is 60.0 Å². The van der Waals surface area contributed by atoms with Crippen LogP contribution in [0.1, 0.15) is 18.1 Å². The first-order chi connectivity index (χ1) is 14.6. The number of anilines is 1. The minimum atomic E-state index is -0.355. The van der Waals surface area contributed by atoms with Gasteiger partial charge in [-0.3, -0.25) is 9.59 Å². The predicted octanol–water partition coefficient (Wildman–Crippen LogP) is 5.07. The molecule has 0 aliphatic carbocycles. The van der Waals surface area contributed by atoms with E-state index in [1.54, 1.807) is 42.5 Å². The van der Waals surface area contributed by atoms with E-state index in [0.717, 1.165) is 22.9 Å². The van der Waals surface area contributed by atoms with Gasteiger partial charge in [-0.15, -0.1) is 13.0 Å². The topological polar surface area (TPSA) is 55.8 Å². The lowest BCUT2D eigenvalue weighted by atomic mass is 10.0. The number of ether oxygens (including phenoxy) is 2. The van der Waals surface area contributed by atoms with E-state index in [1.807, 2.05) is 19.1 Å². The Kier molecular flexibility index (Phi) is 6.99. The first-order valence-corrected chi connectivity index (χ1v) is 10.2. The van der Waals surface area contributed by atoms with E-state index in [0.29, 0.717) is 35.1 Å². The lowest BCUT2D eigenvalue weighted by molar-refractivity contribution is -0.113. The zero-order valence-corrected chi connectivity index (χ0v) is 17.4. The fourth-order valence-electron chi connectivity index (χ4n) is 3.03. The Labute approximate surface area is 180 Å².